The van der Waals surface area contributed by atoms with Crippen LogP contribution in [0.2, 0.25) is 0 Å². The first-order valence-electron chi connectivity index (χ1n) is 6.99. The molecule has 0 unspecified atom stereocenters. The highest BCUT2D eigenvalue weighted by Gasteiger charge is 2.21. The minimum absolute atomic E-state index is 0.0938. The van der Waals surface area contributed by atoms with Gasteiger partial charge in [-0.15, -0.1) is 0 Å². The quantitative estimate of drug-likeness (QED) is 0.879. The molecule has 23 heavy (non-hydrogen) atoms. The summed E-state index contributed by atoms with van der Waals surface area (Å²) in [5.74, 6) is 0.883. The molecule has 1 aliphatic rings. The molecule has 6 nitrogen and oxygen atoms in total. The largest absolute Gasteiger partial charge is 0.496 e. The van der Waals surface area contributed by atoms with Crippen LogP contribution in [0.25, 0.3) is 0 Å². The Labute approximate surface area is 133 Å². The Hall–Kier alpha value is -3.02. The number of amides is 1. The number of ether oxygens (including phenoxy) is 3. The van der Waals surface area contributed by atoms with Gasteiger partial charge in [0.1, 0.15) is 5.75 Å². The number of fused-ring (bicyclic) bond motifs is 1. The number of hydrogen-bond donors (Lipinski definition) is 1. The van der Waals surface area contributed by atoms with Crippen molar-refractivity contribution in [2.45, 2.75) is 6.92 Å². The number of benzene rings is 2. The predicted molar refractivity (Wildman–Crippen MR) is 83.5 cm³/mol. The zero-order valence-electron chi connectivity index (χ0n) is 12.7. The Kier molecular flexibility index (Phi) is 3.89. The van der Waals surface area contributed by atoms with E-state index in [1.54, 1.807) is 36.4 Å². The average molecular weight is 313 g/mol. The topological polar surface area (TPSA) is 73.9 Å². The van der Waals surface area contributed by atoms with Gasteiger partial charge in [-0.25, -0.2) is 0 Å². The SMILES string of the molecule is COc1ccccc1C(=O)Nc1cc2c(cc1C(C)=O)OCO2. The zero-order chi connectivity index (χ0) is 16.4. The molecule has 0 saturated heterocycles. The summed E-state index contributed by atoms with van der Waals surface area (Å²) in [7, 11) is 1.49. The van der Waals surface area contributed by atoms with Gasteiger partial charge in [-0.1, -0.05) is 12.1 Å². The summed E-state index contributed by atoms with van der Waals surface area (Å²) in [6.45, 7) is 1.52. The van der Waals surface area contributed by atoms with Crippen LogP contribution in [0.1, 0.15) is 27.6 Å². The lowest BCUT2D eigenvalue weighted by Gasteiger charge is -2.12. The number of ketones is 1. The molecular weight excluding hydrogens is 298 g/mol. The zero-order valence-corrected chi connectivity index (χ0v) is 12.7. The maximum absolute atomic E-state index is 12.5. The van der Waals surface area contributed by atoms with Crippen molar-refractivity contribution < 1.29 is 23.8 Å². The molecule has 0 aliphatic carbocycles. The molecule has 1 aliphatic heterocycles. The molecule has 1 amide bonds. The molecule has 6 heteroatoms. The van der Waals surface area contributed by atoms with Gasteiger partial charge in [0.25, 0.3) is 5.91 Å². The van der Waals surface area contributed by atoms with Gasteiger partial charge >= 0.3 is 0 Å². The van der Waals surface area contributed by atoms with E-state index in [9.17, 15) is 9.59 Å². The van der Waals surface area contributed by atoms with Crippen LogP contribution in [0.3, 0.4) is 0 Å². The number of rotatable bonds is 4. The normalized spacial score (nSPS) is 11.9. The summed E-state index contributed by atoms with van der Waals surface area (Å²) >= 11 is 0. The fourth-order valence-electron chi connectivity index (χ4n) is 2.36. The van der Waals surface area contributed by atoms with Gasteiger partial charge in [0, 0.05) is 11.6 Å². The van der Waals surface area contributed by atoms with Crippen LogP contribution in [0.4, 0.5) is 5.69 Å². The second-order valence-electron chi connectivity index (χ2n) is 4.96. The van der Waals surface area contributed by atoms with Gasteiger partial charge < -0.3 is 19.5 Å². The van der Waals surface area contributed by atoms with Crippen molar-refractivity contribution >= 4 is 17.4 Å². The maximum atomic E-state index is 12.5. The number of carbonyl (C=O) groups excluding carboxylic acids is 2. The molecule has 0 aromatic heterocycles. The Balaban J connectivity index is 1.96. The van der Waals surface area contributed by atoms with Crippen molar-refractivity contribution in [1.82, 2.24) is 0 Å². The smallest absolute Gasteiger partial charge is 0.259 e. The molecule has 3 rings (SSSR count). The van der Waals surface area contributed by atoms with E-state index in [-0.39, 0.29) is 18.5 Å². The predicted octanol–water partition coefficient (Wildman–Crippen LogP) is 2.88. The monoisotopic (exact) mass is 313 g/mol. The average Bonchev–Trinajstić information content (AvgIpc) is 3.01. The summed E-state index contributed by atoms with van der Waals surface area (Å²) in [4.78, 5) is 24.3. The lowest BCUT2D eigenvalue weighted by atomic mass is 10.1. The third-order valence-corrected chi connectivity index (χ3v) is 3.49. The van der Waals surface area contributed by atoms with E-state index in [0.29, 0.717) is 34.1 Å². The first-order chi connectivity index (χ1) is 11.1. The van der Waals surface area contributed by atoms with Crippen LogP contribution >= 0.6 is 0 Å². The lowest BCUT2D eigenvalue weighted by Crippen LogP contribution is -2.15. The summed E-state index contributed by atoms with van der Waals surface area (Å²) in [6.07, 6.45) is 0. The van der Waals surface area contributed by atoms with E-state index in [0.717, 1.165) is 0 Å². The lowest BCUT2D eigenvalue weighted by molar-refractivity contribution is 0.101. The van der Waals surface area contributed by atoms with Gasteiger partial charge in [-0.3, -0.25) is 9.59 Å². The molecule has 0 radical (unpaired) electrons. The molecule has 0 spiro atoms. The van der Waals surface area contributed by atoms with Crippen molar-refractivity contribution in [3.8, 4) is 17.2 Å². The summed E-state index contributed by atoms with van der Waals surface area (Å²) in [5.41, 5.74) is 1.11. The molecule has 1 heterocycles. The third-order valence-electron chi connectivity index (χ3n) is 3.49. The Morgan fingerprint density at radius 2 is 1.78 bits per heavy atom. The van der Waals surface area contributed by atoms with Crippen molar-refractivity contribution in [3.05, 3.63) is 47.5 Å². The van der Waals surface area contributed by atoms with Gasteiger partial charge in [-0.2, -0.15) is 0 Å². The van der Waals surface area contributed by atoms with E-state index in [1.165, 1.54) is 14.0 Å². The molecular formula is C17H15NO5. The highest BCUT2D eigenvalue weighted by atomic mass is 16.7. The van der Waals surface area contributed by atoms with Gasteiger partial charge in [0.15, 0.2) is 17.3 Å². The van der Waals surface area contributed by atoms with Crippen molar-refractivity contribution in [2.75, 3.05) is 19.2 Å². The fourth-order valence-corrected chi connectivity index (χ4v) is 2.36. The Morgan fingerprint density at radius 3 is 2.48 bits per heavy atom. The maximum Gasteiger partial charge on any atom is 0.259 e. The third kappa shape index (κ3) is 2.83. The molecule has 0 fully saturated rings. The summed E-state index contributed by atoms with van der Waals surface area (Å²) in [5, 5.41) is 2.74. The second kappa shape index (κ2) is 6.00. The van der Waals surface area contributed by atoms with Crippen LogP contribution in [0, 0.1) is 0 Å². The number of nitrogens with one attached hydrogen (secondary N) is 1. The molecule has 2 aromatic carbocycles. The summed E-state index contributed by atoms with van der Waals surface area (Å²) in [6, 6.07) is 10.0. The van der Waals surface area contributed by atoms with Gasteiger partial charge in [0.2, 0.25) is 6.79 Å². The standard InChI is InChI=1S/C17H15NO5/c1-10(19)12-7-15-16(23-9-22-15)8-13(12)18-17(20)11-5-3-4-6-14(11)21-2/h3-8H,9H2,1-2H3,(H,18,20). The Bertz CT molecular complexity index is 785. The van der Waals surface area contributed by atoms with E-state index < -0.39 is 0 Å². The first-order valence-corrected chi connectivity index (χ1v) is 6.99. The summed E-state index contributed by atoms with van der Waals surface area (Å²) < 4.78 is 15.7. The van der Waals surface area contributed by atoms with Gasteiger partial charge in [0.05, 0.1) is 18.4 Å². The number of Topliss-reactive ketones (excluding diaryl/α,β-unsaturated/α-hetero) is 1. The van der Waals surface area contributed by atoms with E-state index in [2.05, 4.69) is 5.32 Å². The minimum Gasteiger partial charge on any atom is -0.496 e. The van der Waals surface area contributed by atoms with E-state index in [1.807, 2.05) is 0 Å². The number of carbonyl (C=O) groups is 2. The Morgan fingerprint density at radius 1 is 1.09 bits per heavy atom. The van der Waals surface area contributed by atoms with Crippen LogP contribution < -0.4 is 19.5 Å². The molecule has 0 bridgehead atoms. The van der Waals surface area contributed by atoms with E-state index in [4.69, 9.17) is 14.2 Å². The van der Waals surface area contributed by atoms with Crippen molar-refractivity contribution in [1.29, 1.82) is 0 Å². The second-order valence-corrected chi connectivity index (χ2v) is 4.96. The molecule has 2 aromatic rings. The minimum atomic E-state index is -0.371. The van der Waals surface area contributed by atoms with E-state index >= 15 is 0 Å². The van der Waals surface area contributed by atoms with Gasteiger partial charge in [-0.05, 0) is 25.1 Å². The molecule has 1 N–H and O–H groups in total. The number of methoxy groups -OCH3 is 1. The number of anilines is 1. The van der Waals surface area contributed by atoms with Crippen molar-refractivity contribution in [2.24, 2.45) is 0 Å². The van der Waals surface area contributed by atoms with Crippen molar-refractivity contribution in [3.63, 3.8) is 0 Å². The van der Waals surface area contributed by atoms with Crippen LogP contribution in [0.15, 0.2) is 36.4 Å². The number of hydrogen-bond acceptors (Lipinski definition) is 5. The molecule has 118 valence electrons. The highest BCUT2D eigenvalue weighted by Crippen LogP contribution is 2.37. The fraction of sp³-hybridized carbons (Fsp3) is 0.176. The highest BCUT2D eigenvalue weighted by molar-refractivity contribution is 6.10. The van der Waals surface area contributed by atoms with Crippen LogP contribution in [0.5, 0.6) is 17.2 Å². The van der Waals surface area contributed by atoms with Crippen LogP contribution in [-0.4, -0.2) is 25.6 Å². The van der Waals surface area contributed by atoms with Crippen LogP contribution in [-0.2, 0) is 0 Å². The number of para-hydroxylation sites is 1. The first kappa shape index (κ1) is 14.9. The molecule has 0 atom stereocenters. The molecule has 0 saturated carbocycles.